The van der Waals surface area contributed by atoms with Crippen LogP contribution in [-0.4, -0.2) is 55.8 Å². The van der Waals surface area contributed by atoms with E-state index in [0.29, 0.717) is 31.0 Å². The molecule has 1 rings (SSSR count). The molecule has 0 amide bonds. The van der Waals surface area contributed by atoms with Crippen LogP contribution in [0.25, 0.3) is 0 Å². The molecule has 0 saturated heterocycles. The minimum Gasteiger partial charge on any atom is -0.329 e. The molecule has 0 aromatic carbocycles. The lowest BCUT2D eigenvalue weighted by Crippen LogP contribution is -2.48. The summed E-state index contributed by atoms with van der Waals surface area (Å²) in [6, 6.07) is 0. The van der Waals surface area contributed by atoms with Crippen LogP contribution in [0.2, 0.25) is 0 Å². The van der Waals surface area contributed by atoms with E-state index in [-0.39, 0.29) is 10.4 Å². The first-order valence-corrected chi connectivity index (χ1v) is 8.42. The normalized spacial score (nSPS) is 13.1. The lowest BCUT2D eigenvalue weighted by molar-refractivity contribution is 0.199. The fourth-order valence-corrected chi connectivity index (χ4v) is 3.52. The molecule has 0 radical (unpaired) electrons. The predicted molar refractivity (Wildman–Crippen MR) is 83.7 cm³/mol. The topological polar surface area (TPSA) is 93.2 Å². The first-order chi connectivity index (χ1) is 9.53. The third-order valence-electron chi connectivity index (χ3n) is 3.83. The summed E-state index contributed by atoms with van der Waals surface area (Å²) in [7, 11) is 0.255. The molecular formula is C13H27N5O2S. The number of nitrogens with zero attached hydrogens (tertiary/aromatic N) is 3. The van der Waals surface area contributed by atoms with Crippen molar-refractivity contribution in [3.05, 3.63) is 11.4 Å². The number of nitrogens with two attached hydrogens (primary N) is 1. The number of aromatic nitrogens is 2. The lowest BCUT2D eigenvalue weighted by atomic mass is 10.1. The monoisotopic (exact) mass is 317 g/mol. The van der Waals surface area contributed by atoms with Crippen LogP contribution in [-0.2, 0) is 16.6 Å². The number of hydrogen-bond acceptors (Lipinski definition) is 5. The summed E-state index contributed by atoms with van der Waals surface area (Å²) in [4.78, 5) is 2.23. The van der Waals surface area contributed by atoms with Crippen molar-refractivity contribution >= 4 is 10.0 Å². The highest BCUT2D eigenvalue weighted by Crippen LogP contribution is 2.20. The Morgan fingerprint density at radius 2 is 1.90 bits per heavy atom. The summed E-state index contributed by atoms with van der Waals surface area (Å²) in [5.74, 6) is 0. The molecule has 8 heteroatoms. The van der Waals surface area contributed by atoms with Crippen molar-refractivity contribution in [2.75, 3.05) is 27.2 Å². The van der Waals surface area contributed by atoms with Crippen molar-refractivity contribution in [2.45, 2.75) is 44.7 Å². The molecule has 3 N–H and O–H groups in total. The number of sulfonamides is 1. The summed E-state index contributed by atoms with van der Waals surface area (Å²) in [5.41, 5.74) is 6.35. The average molecular weight is 317 g/mol. The van der Waals surface area contributed by atoms with Gasteiger partial charge in [-0.2, -0.15) is 5.10 Å². The predicted octanol–water partition coefficient (Wildman–Crippen LogP) is 0.0771. The molecule has 1 heterocycles. The molecule has 1 aromatic heterocycles. The zero-order chi connectivity index (χ0) is 16.4. The summed E-state index contributed by atoms with van der Waals surface area (Å²) in [6.45, 7) is 8.66. The third kappa shape index (κ3) is 4.03. The van der Waals surface area contributed by atoms with E-state index in [1.807, 2.05) is 32.8 Å². The van der Waals surface area contributed by atoms with Gasteiger partial charge < -0.3 is 10.6 Å². The Hall–Kier alpha value is -0.960. The van der Waals surface area contributed by atoms with Gasteiger partial charge in [-0.1, -0.05) is 0 Å². The first kappa shape index (κ1) is 18.1. The second kappa shape index (κ2) is 6.43. The average Bonchev–Trinajstić information content (AvgIpc) is 2.63. The zero-order valence-electron chi connectivity index (χ0n) is 13.8. The molecule has 0 aliphatic rings. The van der Waals surface area contributed by atoms with E-state index in [1.54, 1.807) is 18.5 Å². The maximum Gasteiger partial charge on any atom is 0.244 e. The first-order valence-electron chi connectivity index (χ1n) is 6.94. The Morgan fingerprint density at radius 3 is 2.38 bits per heavy atom. The Bertz CT molecular complexity index is 590. The highest BCUT2D eigenvalue weighted by atomic mass is 32.2. The second-order valence-electron chi connectivity index (χ2n) is 6.04. The SMILES string of the molecule is Cc1nn(CCN)c(C)c1S(=O)(=O)NCC(C)(C)N(C)C. The van der Waals surface area contributed by atoms with Crippen LogP contribution >= 0.6 is 0 Å². The fraction of sp³-hybridized carbons (Fsp3) is 0.769. The van der Waals surface area contributed by atoms with Gasteiger partial charge in [0.2, 0.25) is 10.0 Å². The molecule has 0 atom stereocenters. The van der Waals surface area contributed by atoms with Gasteiger partial charge in [0.1, 0.15) is 4.90 Å². The Morgan fingerprint density at radius 1 is 1.33 bits per heavy atom. The van der Waals surface area contributed by atoms with Gasteiger partial charge in [-0.05, 0) is 41.8 Å². The van der Waals surface area contributed by atoms with Gasteiger partial charge in [0, 0.05) is 18.6 Å². The van der Waals surface area contributed by atoms with E-state index in [1.165, 1.54) is 0 Å². The van der Waals surface area contributed by atoms with E-state index >= 15 is 0 Å². The highest BCUT2D eigenvalue weighted by molar-refractivity contribution is 7.89. The number of likely N-dealkylation sites (N-methyl/N-ethyl adjacent to an activating group) is 1. The maximum atomic E-state index is 12.5. The van der Waals surface area contributed by atoms with Gasteiger partial charge >= 0.3 is 0 Å². The number of rotatable bonds is 7. The molecule has 122 valence electrons. The van der Waals surface area contributed by atoms with Crippen molar-refractivity contribution in [1.82, 2.24) is 19.4 Å². The molecule has 7 nitrogen and oxygen atoms in total. The summed E-state index contributed by atoms with van der Waals surface area (Å²) in [6.07, 6.45) is 0. The fourth-order valence-electron chi connectivity index (χ4n) is 1.91. The molecule has 21 heavy (non-hydrogen) atoms. The van der Waals surface area contributed by atoms with Gasteiger partial charge in [0.25, 0.3) is 0 Å². The summed E-state index contributed by atoms with van der Waals surface area (Å²) >= 11 is 0. The van der Waals surface area contributed by atoms with Crippen molar-refractivity contribution in [3.8, 4) is 0 Å². The quantitative estimate of drug-likeness (QED) is 0.743. The Balaban J connectivity index is 3.04. The number of aryl methyl sites for hydroxylation is 1. The molecule has 0 aliphatic heterocycles. The Labute approximate surface area is 127 Å². The van der Waals surface area contributed by atoms with Crippen LogP contribution in [0.5, 0.6) is 0 Å². The van der Waals surface area contributed by atoms with Crippen LogP contribution in [0.1, 0.15) is 25.2 Å². The van der Waals surface area contributed by atoms with E-state index in [4.69, 9.17) is 5.73 Å². The van der Waals surface area contributed by atoms with Crippen molar-refractivity contribution < 1.29 is 8.42 Å². The largest absolute Gasteiger partial charge is 0.329 e. The molecule has 0 spiro atoms. The smallest absolute Gasteiger partial charge is 0.244 e. The van der Waals surface area contributed by atoms with Crippen LogP contribution in [0, 0.1) is 13.8 Å². The van der Waals surface area contributed by atoms with Gasteiger partial charge in [0.05, 0.1) is 17.9 Å². The van der Waals surface area contributed by atoms with E-state index in [9.17, 15) is 8.42 Å². The van der Waals surface area contributed by atoms with Crippen LogP contribution in [0.15, 0.2) is 4.90 Å². The molecule has 0 bridgehead atoms. The lowest BCUT2D eigenvalue weighted by Gasteiger charge is -2.32. The van der Waals surface area contributed by atoms with E-state index < -0.39 is 10.0 Å². The van der Waals surface area contributed by atoms with Crippen molar-refractivity contribution in [2.24, 2.45) is 5.73 Å². The van der Waals surface area contributed by atoms with Crippen molar-refractivity contribution in [3.63, 3.8) is 0 Å². The summed E-state index contributed by atoms with van der Waals surface area (Å²) in [5, 5.41) is 4.25. The maximum absolute atomic E-state index is 12.5. The molecule has 1 aromatic rings. The zero-order valence-corrected chi connectivity index (χ0v) is 14.6. The standard InChI is InChI=1S/C13H27N5O2S/c1-10-12(11(2)18(16-10)8-7-14)21(19,20)15-9-13(3,4)17(5)6/h15H,7-9,14H2,1-6H3. The minimum atomic E-state index is -3.59. The van der Waals surface area contributed by atoms with Crippen LogP contribution in [0.3, 0.4) is 0 Å². The minimum absolute atomic E-state index is 0.255. The van der Waals surface area contributed by atoms with Gasteiger partial charge in [-0.3, -0.25) is 4.68 Å². The van der Waals surface area contributed by atoms with Crippen LogP contribution < -0.4 is 10.5 Å². The molecule has 0 unspecified atom stereocenters. The van der Waals surface area contributed by atoms with Gasteiger partial charge in [-0.25, -0.2) is 13.1 Å². The third-order valence-corrected chi connectivity index (χ3v) is 5.48. The number of hydrogen-bond donors (Lipinski definition) is 2. The molecular weight excluding hydrogens is 290 g/mol. The molecule has 0 saturated carbocycles. The summed E-state index contributed by atoms with van der Waals surface area (Å²) < 4.78 is 29.4. The van der Waals surface area contributed by atoms with Gasteiger partial charge in [0.15, 0.2) is 0 Å². The molecule has 0 fully saturated rings. The second-order valence-corrected chi connectivity index (χ2v) is 7.75. The van der Waals surface area contributed by atoms with Crippen LogP contribution in [0.4, 0.5) is 0 Å². The van der Waals surface area contributed by atoms with Gasteiger partial charge in [-0.15, -0.1) is 0 Å². The van der Waals surface area contributed by atoms with E-state index in [2.05, 4.69) is 9.82 Å². The Kier molecular flexibility index (Phi) is 5.54. The van der Waals surface area contributed by atoms with E-state index in [0.717, 1.165) is 0 Å². The number of nitrogens with one attached hydrogen (secondary N) is 1. The highest BCUT2D eigenvalue weighted by Gasteiger charge is 2.28. The van der Waals surface area contributed by atoms with Crippen molar-refractivity contribution in [1.29, 1.82) is 0 Å². The molecule has 0 aliphatic carbocycles.